The Labute approximate surface area is 77.8 Å². The predicted octanol–water partition coefficient (Wildman–Crippen LogP) is 1.11. The summed E-state index contributed by atoms with van der Waals surface area (Å²) < 4.78 is 0. The van der Waals surface area contributed by atoms with Crippen LogP contribution in [0.25, 0.3) is 0 Å². The Bertz CT molecular complexity index is 247. The lowest BCUT2D eigenvalue weighted by Gasteiger charge is -2.37. The zero-order valence-electron chi connectivity index (χ0n) is 8.03. The van der Waals surface area contributed by atoms with Gasteiger partial charge in [0.05, 0.1) is 12.0 Å². The van der Waals surface area contributed by atoms with Crippen molar-refractivity contribution in [1.29, 1.82) is 0 Å². The number of rotatable bonds is 1. The number of aliphatic hydroxyl groups is 1. The summed E-state index contributed by atoms with van der Waals surface area (Å²) in [7, 11) is 0. The Hall–Kier alpha value is -0.570. The molecular formula is C10H16O3. The van der Waals surface area contributed by atoms with E-state index in [0.717, 1.165) is 12.8 Å². The van der Waals surface area contributed by atoms with Gasteiger partial charge in [-0.25, -0.2) is 0 Å². The maximum atomic E-state index is 11.0. The van der Waals surface area contributed by atoms with Crippen molar-refractivity contribution in [1.82, 2.24) is 0 Å². The first-order valence-corrected chi connectivity index (χ1v) is 4.85. The third-order valence-electron chi connectivity index (χ3n) is 4.12. The third-order valence-corrected chi connectivity index (χ3v) is 4.12. The molecule has 3 nitrogen and oxygen atoms in total. The van der Waals surface area contributed by atoms with Gasteiger partial charge >= 0.3 is 5.97 Å². The van der Waals surface area contributed by atoms with Crippen LogP contribution in [0.5, 0.6) is 0 Å². The second kappa shape index (κ2) is 2.47. The van der Waals surface area contributed by atoms with Gasteiger partial charge in [0.25, 0.3) is 0 Å². The van der Waals surface area contributed by atoms with Crippen LogP contribution in [0.15, 0.2) is 0 Å². The van der Waals surface area contributed by atoms with E-state index in [1.165, 1.54) is 0 Å². The fourth-order valence-corrected chi connectivity index (χ4v) is 3.32. The molecular weight excluding hydrogens is 168 g/mol. The van der Waals surface area contributed by atoms with Crippen molar-refractivity contribution < 1.29 is 15.0 Å². The average Bonchev–Trinajstić information content (AvgIpc) is 2.40. The maximum absolute atomic E-state index is 11.0. The second-order valence-electron chi connectivity index (χ2n) is 5.04. The minimum atomic E-state index is -0.740. The van der Waals surface area contributed by atoms with E-state index in [1.54, 1.807) is 0 Å². The minimum Gasteiger partial charge on any atom is -0.481 e. The largest absolute Gasteiger partial charge is 0.481 e. The number of carboxylic acids is 1. The first-order valence-electron chi connectivity index (χ1n) is 4.85. The zero-order valence-corrected chi connectivity index (χ0v) is 8.03. The molecule has 2 saturated carbocycles. The van der Waals surface area contributed by atoms with Gasteiger partial charge < -0.3 is 10.2 Å². The number of hydrogen-bond donors (Lipinski definition) is 2. The molecule has 0 aromatic carbocycles. The van der Waals surface area contributed by atoms with Crippen LogP contribution in [0.4, 0.5) is 0 Å². The van der Waals surface area contributed by atoms with Crippen molar-refractivity contribution in [3.8, 4) is 0 Å². The van der Waals surface area contributed by atoms with E-state index in [-0.39, 0.29) is 23.4 Å². The van der Waals surface area contributed by atoms with Gasteiger partial charge in [0.15, 0.2) is 0 Å². The summed E-state index contributed by atoms with van der Waals surface area (Å²) in [4.78, 5) is 11.0. The predicted molar refractivity (Wildman–Crippen MR) is 47.1 cm³/mol. The van der Waals surface area contributed by atoms with Gasteiger partial charge in [-0.1, -0.05) is 13.8 Å². The molecule has 0 amide bonds. The third kappa shape index (κ3) is 1.03. The molecule has 2 aliphatic rings. The average molecular weight is 184 g/mol. The van der Waals surface area contributed by atoms with E-state index < -0.39 is 5.97 Å². The molecule has 2 aliphatic carbocycles. The molecule has 0 heterocycles. The molecule has 74 valence electrons. The first-order chi connectivity index (χ1) is 5.94. The summed E-state index contributed by atoms with van der Waals surface area (Å²) in [6, 6.07) is 0. The van der Waals surface area contributed by atoms with Gasteiger partial charge in [0.2, 0.25) is 0 Å². The van der Waals surface area contributed by atoms with Crippen LogP contribution < -0.4 is 0 Å². The standard InChI is InChI=1S/C10H16O3/c1-10(2)5-3-6(7(11)4-5)8(10)9(12)13/h5-8,11H,3-4H2,1-2H3,(H,12,13)/t5-,6+,7-,8+/m1/s1. The van der Waals surface area contributed by atoms with Gasteiger partial charge in [-0.2, -0.15) is 0 Å². The lowest BCUT2D eigenvalue weighted by molar-refractivity contribution is -0.151. The van der Waals surface area contributed by atoms with Crippen LogP contribution in [0.1, 0.15) is 26.7 Å². The summed E-state index contributed by atoms with van der Waals surface area (Å²) in [6.07, 6.45) is 1.31. The van der Waals surface area contributed by atoms with Crippen molar-refractivity contribution in [2.75, 3.05) is 0 Å². The van der Waals surface area contributed by atoms with E-state index in [4.69, 9.17) is 5.11 Å². The molecule has 2 N–H and O–H groups in total. The summed E-state index contributed by atoms with van der Waals surface area (Å²) in [6.45, 7) is 4.03. The van der Waals surface area contributed by atoms with E-state index in [1.807, 2.05) is 13.8 Å². The summed E-state index contributed by atoms with van der Waals surface area (Å²) in [5, 5.41) is 18.7. The Kier molecular flexibility index (Phi) is 1.71. The highest BCUT2D eigenvalue weighted by Crippen LogP contribution is 2.59. The Morgan fingerprint density at radius 1 is 1.38 bits per heavy atom. The number of carbonyl (C=O) groups is 1. The van der Waals surface area contributed by atoms with Crippen molar-refractivity contribution in [3.05, 3.63) is 0 Å². The highest BCUT2D eigenvalue weighted by molar-refractivity contribution is 5.72. The van der Waals surface area contributed by atoms with E-state index in [9.17, 15) is 9.90 Å². The Balaban J connectivity index is 2.31. The van der Waals surface area contributed by atoms with Crippen molar-refractivity contribution in [2.24, 2.45) is 23.2 Å². The Morgan fingerprint density at radius 3 is 2.38 bits per heavy atom. The smallest absolute Gasteiger partial charge is 0.307 e. The van der Waals surface area contributed by atoms with Crippen molar-refractivity contribution >= 4 is 5.97 Å². The molecule has 0 aromatic heterocycles. The number of fused-ring (bicyclic) bond motifs is 2. The van der Waals surface area contributed by atoms with Crippen LogP contribution in [-0.2, 0) is 4.79 Å². The molecule has 3 heteroatoms. The molecule has 2 bridgehead atoms. The van der Waals surface area contributed by atoms with Crippen molar-refractivity contribution in [2.45, 2.75) is 32.8 Å². The lowest BCUT2D eigenvalue weighted by atomic mass is 9.68. The monoisotopic (exact) mass is 184 g/mol. The molecule has 2 fully saturated rings. The highest BCUT2D eigenvalue weighted by Gasteiger charge is 2.59. The molecule has 0 spiro atoms. The van der Waals surface area contributed by atoms with Crippen molar-refractivity contribution in [3.63, 3.8) is 0 Å². The minimum absolute atomic E-state index is 0.00231. The van der Waals surface area contributed by atoms with Crippen LogP contribution in [-0.4, -0.2) is 22.3 Å². The molecule has 0 aromatic rings. The molecule has 4 atom stereocenters. The molecule has 0 unspecified atom stereocenters. The zero-order chi connectivity index (χ0) is 9.80. The van der Waals surface area contributed by atoms with Gasteiger partial charge in [-0.05, 0) is 30.1 Å². The molecule has 0 saturated heterocycles. The number of aliphatic carboxylic acids is 1. The van der Waals surface area contributed by atoms with Gasteiger partial charge in [0, 0.05) is 0 Å². The molecule has 13 heavy (non-hydrogen) atoms. The highest BCUT2D eigenvalue weighted by atomic mass is 16.4. The van der Waals surface area contributed by atoms with E-state index in [0.29, 0.717) is 5.92 Å². The molecule has 0 radical (unpaired) electrons. The molecule has 2 rings (SSSR count). The lowest BCUT2D eigenvalue weighted by Crippen LogP contribution is -2.41. The van der Waals surface area contributed by atoms with Gasteiger partial charge in [-0.3, -0.25) is 4.79 Å². The molecule has 0 aliphatic heterocycles. The first kappa shape index (κ1) is 9.00. The number of hydrogen-bond acceptors (Lipinski definition) is 2. The van der Waals surface area contributed by atoms with Crippen LogP contribution >= 0.6 is 0 Å². The summed E-state index contributed by atoms with van der Waals surface area (Å²) in [5.41, 5.74) is -0.129. The SMILES string of the molecule is CC1(C)[C@@H]2C[C@@H]([C@H](O)C2)[C@H]1C(=O)O. The van der Waals surface area contributed by atoms with Gasteiger partial charge in [0.1, 0.15) is 0 Å². The normalized spacial score (nSPS) is 46.7. The number of carboxylic acid groups (broad SMARTS) is 1. The fraction of sp³-hybridized carbons (Fsp3) is 0.900. The van der Waals surface area contributed by atoms with Crippen LogP contribution in [0, 0.1) is 23.2 Å². The van der Waals surface area contributed by atoms with Gasteiger partial charge in [-0.15, -0.1) is 0 Å². The quantitative estimate of drug-likeness (QED) is 0.642. The second-order valence-corrected chi connectivity index (χ2v) is 5.04. The van der Waals surface area contributed by atoms with Crippen LogP contribution in [0.2, 0.25) is 0 Å². The van der Waals surface area contributed by atoms with E-state index >= 15 is 0 Å². The maximum Gasteiger partial charge on any atom is 0.307 e. The van der Waals surface area contributed by atoms with E-state index in [2.05, 4.69) is 0 Å². The Morgan fingerprint density at radius 2 is 2.00 bits per heavy atom. The van der Waals surface area contributed by atoms with Crippen LogP contribution in [0.3, 0.4) is 0 Å². The summed E-state index contributed by atoms with van der Waals surface area (Å²) in [5.74, 6) is -0.691. The number of aliphatic hydroxyl groups excluding tert-OH is 1. The fourth-order valence-electron chi connectivity index (χ4n) is 3.32. The summed E-state index contributed by atoms with van der Waals surface area (Å²) >= 11 is 0. The topological polar surface area (TPSA) is 57.5 Å².